The highest BCUT2D eigenvalue weighted by atomic mass is 16.7. The normalized spacial score (nSPS) is 31.6. The summed E-state index contributed by atoms with van der Waals surface area (Å²) >= 11 is 0. The van der Waals surface area contributed by atoms with E-state index in [-0.39, 0.29) is 5.92 Å². The van der Waals surface area contributed by atoms with Crippen LogP contribution in [0.1, 0.15) is 18.9 Å². The molecule has 88 valence electrons. The zero-order valence-electron chi connectivity index (χ0n) is 9.89. The third-order valence-corrected chi connectivity index (χ3v) is 3.57. The van der Waals surface area contributed by atoms with Crippen LogP contribution in [0, 0.1) is 5.92 Å². The molecule has 1 aliphatic heterocycles. The van der Waals surface area contributed by atoms with Gasteiger partial charge in [0.05, 0.1) is 12.7 Å². The van der Waals surface area contributed by atoms with Gasteiger partial charge in [-0.3, -0.25) is 0 Å². The monoisotopic (exact) mass is 221 g/mol. The van der Waals surface area contributed by atoms with Crippen LogP contribution in [-0.4, -0.2) is 30.4 Å². The summed E-state index contributed by atoms with van der Waals surface area (Å²) in [5.74, 6) is 0.170. The van der Waals surface area contributed by atoms with Gasteiger partial charge in [-0.05, 0) is 12.0 Å². The second-order valence-electron chi connectivity index (χ2n) is 4.51. The maximum absolute atomic E-state index is 10.7. The number of hydroxylamine groups is 2. The molecule has 1 heterocycles. The van der Waals surface area contributed by atoms with Crippen LogP contribution >= 0.6 is 0 Å². The summed E-state index contributed by atoms with van der Waals surface area (Å²) in [5.41, 5.74) is 0.300. The highest BCUT2D eigenvalue weighted by Crippen LogP contribution is 2.36. The molecule has 0 unspecified atom stereocenters. The molecule has 0 aromatic heterocycles. The van der Waals surface area contributed by atoms with Crippen molar-refractivity contribution in [2.75, 3.05) is 20.2 Å². The molecule has 0 spiro atoms. The second-order valence-corrected chi connectivity index (χ2v) is 4.51. The van der Waals surface area contributed by atoms with E-state index in [0.717, 1.165) is 18.7 Å². The molecule has 1 fully saturated rings. The molecular weight excluding hydrogens is 202 g/mol. The zero-order chi connectivity index (χ0) is 11.6. The summed E-state index contributed by atoms with van der Waals surface area (Å²) in [6, 6.07) is 9.92. The van der Waals surface area contributed by atoms with E-state index in [1.54, 1.807) is 7.11 Å². The number of aliphatic hydroxyl groups is 1. The molecule has 3 nitrogen and oxygen atoms in total. The van der Waals surface area contributed by atoms with Crippen LogP contribution in [0.4, 0.5) is 0 Å². The topological polar surface area (TPSA) is 32.7 Å². The Kier molecular flexibility index (Phi) is 3.28. The fourth-order valence-electron chi connectivity index (χ4n) is 2.41. The van der Waals surface area contributed by atoms with E-state index in [9.17, 15) is 5.11 Å². The van der Waals surface area contributed by atoms with Gasteiger partial charge in [-0.1, -0.05) is 37.3 Å². The van der Waals surface area contributed by atoms with Crippen molar-refractivity contribution in [2.45, 2.75) is 18.9 Å². The van der Waals surface area contributed by atoms with E-state index in [2.05, 4.69) is 6.92 Å². The fraction of sp³-hybridized carbons (Fsp3) is 0.538. The first kappa shape index (κ1) is 11.6. The lowest BCUT2D eigenvalue weighted by atomic mass is 9.77. The van der Waals surface area contributed by atoms with Gasteiger partial charge in [0, 0.05) is 19.0 Å². The maximum Gasteiger partial charge on any atom is 0.0948 e. The molecule has 1 N–H and O–H groups in total. The van der Waals surface area contributed by atoms with Crippen LogP contribution in [0.15, 0.2) is 30.3 Å². The fourth-order valence-corrected chi connectivity index (χ4v) is 2.41. The maximum atomic E-state index is 10.7. The van der Waals surface area contributed by atoms with Gasteiger partial charge in [0.25, 0.3) is 0 Å². The Bertz CT molecular complexity index is 341. The van der Waals surface area contributed by atoms with Gasteiger partial charge in [-0.25, -0.2) is 0 Å². The molecule has 0 amide bonds. The lowest BCUT2D eigenvalue weighted by molar-refractivity contribution is -0.196. The molecular formula is C13H19NO2. The Morgan fingerprint density at radius 2 is 2.06 bits per heavy atom. The van der Waals surface area contributed by atoms with Gasteiger partial charge in [0.15, 0.2) is 0 Å². The number of nitrogens with zero attached hydrogens (tertiary/aromatic N) is 1. The van der Waals surface area contributed by atoms with E-state index in [4.69, 9.17) is 4.84 Å². The lowest BCUT2D eigenvalue weighted by Gasteiger charge is -2.42. The summed E-state index contributed by atoms with van der Waals surface area (Å²) in [7, 11) is 1.68. The highest BCUT2D eigenvalue weighted by Gasteiger charge is 2.40. The average molecular weight is 221 g/mol. The predicted molar refractivity (Wildman–Crippen MR) is 62.7 cm³/mol. The Morgan fingerprint density at radius 3 is 2.62 bits per heavy atom. The van der Waals surface area contributed by atoms with E-state index in [1.165, 1.54) is 0 Å². The number of benzene rings is 1. The van der Waals surface area contributed by atoms with Crippen molar-refractivity contribution in [2.24, 2.45) is 5.92 Å². The first-order valence-electron chi connectivity index (χ1n) is 5.74. The van der Waals surface area contributed by atoms with Crippen LogP contribution in [0.2, 0.25) is 0 Å². The number of hydrogen-bond donors (Lipinski definition) is 1. The molecule has 0 aliphatic carbocycles. The Balaban J connectivity index is 2.20. The summed E-state index contributed by atoms with van der Waals surface area (Å²) in [4.78, 5) is 5.21. The lowest BCUT2D eigenvalue weighted by Crippen LogP contribution is -2.48. The van der Waals surface area contributed by atoms with Crippen LogP contribution in [0.25, 0.3) is 0 Å². The zero-order valence-corrected chi connectivity index (χ0v) is 9.89. The molecule has 2 atom stereocenters. The minimum atomic E-state index is -0.712. The van der Waals surface area contributed by atoms with Gasteiger partial charge < -0.3 is 9.94 Å². The van der Waals surface area contributed by atoms with Crippen molar-refractivity contribution in [3.8, 4) is 0 Å². The van der Waals surface area contributed by atoms with Crippen LogP contribution in [0.3, 0.4) is 0 Å². The minimum Gasteiger partial charge on any atom is -0.385 e. The van der Waals surface area contributed by atoms with Crippen molar-refractivity contribution in [3.05, 3.63) is 35.9 Å². The quantitative estimate of drug-likeness (QED) is 0.826. The molecule has 0 bridgehead atoms. The Morgan fingerprint density at radius 1 is 1.38 bits per heavy atom. The van der Waals surface area contributed by atoms with Gasteiger partial charge in [-0.15, -0.1) is 0 Å². The molecule has 0 radical (unpaired) electrons. The van der Waals surface area contributed by atoms with E-state index >= 15 is 0 Å². The largest absolute Gasteiger partial charge is 0.385 e. The van der Waals surface area contributed by atoms with Crippen LogP contribution in [0.5, 0.6) is 0 Å². The predicted octanol–water partition coefficient (Wildman–Crippen LogP) is 1.78. The number of rotatable bonds is 2. The summed E-state index contributed by atoms with van der Waals surface area (Å²) in [6.07, 6.45) is 0.714. The third kappa shape index (κ3) is 1.98. The summed E-state index contributed by atoms with van der Waals surface area (Å²) in [5, 5.41) is 12.6. The second kappa shape index (κ2) is 4.53. The molecule has 0 saturated carbocycles. The smallest absolute Gasteiger partial charge is 0.0948 e. The Labute approximate surface area is 96.6 Å². The molecule has 1 aliphatic rings. The van der Waals surface area contributed by atoms with Crippen molar-refractivity contribution in [1.82, 2.24) is 5.06 Å². The number of piperidine rings is 1. The number of hydrogen-bond acceptors (Lipinski definition) is 3. The first-order valence-corrected chi connectivity index (χ1v) is 5.74. The van der Waals surface area contributed by atoms with E-state index in [1.807, 2.05) is 35.4 Å². The third-order valence-electron chi connectivity index (χ3n) is 3.57. The van der Waals surface area contributed by atoms with Crippen molar-refractivity contribution < 1.29 is 9.94 Å². The minimum absolute atomic E-state index is 0.170. The molecule has 1 aromatic carbocycles. The van der Waals surface area contributed by atoms with Gasteiger partial charge >= 0.3 is 0 Å². The Hall–Kier alpha value is -0.900. The van der Waals surface area contributed by atoms with E-state index in [0.29, 0.717) is 6.42 Å². The SMILES string of the molecule is CON1CC[C@@](O)(c2ccccc2)[C@@H](C)C1. The highest BCUT2D eigenvalue weighted by molar-refractivity contribution is 5.23. The van der Waals surface area contributed by atoms with Gasteiger partial charge in [0.1, 0.15) is 0 Å². The average Bonchev–Trinajstić information content (AvgIpc) is 2.34. The molecule has 2 rings (SSSR count). The molecule has 1 aromatic rings. The molecule has 3 heteroatoms. The van der Waals surface area contributed by atoms with Crippen molar-refractivity contribution in [1.29, 1.82) is 0 Å². The first-order chi connectivity index (χ1) is 7.66. The van der Waals surface area contributed by atoms with Gasteiger partial charge in [-0.2, -0.15) is 5.06 Å². The van der Waals surface area contributed by atoms with Crippen LogP contribution < -0.4 is 0 Å². The van der Waals surface area contributed by atoms with Crippen LogP contribution in [-0.2, 0) is 10.4 Å². The van der Waals surface area contributed by atoms with Crippen molar-refractivity contribution >= 4 is 0 Å². The molecule has 1 saturated heterocycles. The van der Waals surface area contributed by atoms with E-state index < -0.39 is 5.60 Å². The van der Waals surface area contributed by atoms with Crippen molar-refractivity contribution in [3.63, 3.8) is 0 Å². The molecule has 16 heavy (non-hydrogen) atoms. The van der Waals surface area contributed by atoms with Gasteiger partial charge in [0.2, 0.25) is 0 Å². The standard InChI is InChI=1S/C13H19NO2/c1-11-10-14(16-2)9-8-13(11,15)12-6-4-3-5-7-12/h3-7,11,15H,8-10H2,1-2H3/t11-,13-/m0/s1. The summed E-state index contributed by atoms with van der Waals surface area (Å²) in [6.45, 7) is 3.60. The summed E-state index contributed by atoms with van der Waals surface area (Å²) < 4.78 is 0.